The molecule has 0 aromatic heterocycles. The summed E-state index contributed by atoms with van der Waals surface area (Å²) in [5, 5.41) is 6.22. The standard InChI is InChI=1S/C11H23N3O/c1-4-13-11(15)9(3)14(5-2)10-6-7-12-8-10/h9-10,12H,4-8H2,1-3H3,(H,13,15). The second kappa shape index (κ2) is 6.08. The van der Waals surface area contributed by atoms with Crippen molar-refractivity contribution < 1.29 is 4.79 Å². The molecule has 1 saturated heterocycles. The molecule has 1 heterocycles. The molecule has 0 aliphatic carbocycles. The highest BCUT2D eigenvalue weighted by molar-refractivity contribution is 5.81. The van der Waals surface area contributed by atoms with Gasteiger partial charge in [-0.15, -0.1) is 0 Å². The molecule has 0 saturated carbocycles. The second-order valence-electron chi connectivity index (χ2n) is 4.05. The molecule has 0 spiro atoms. The van der Waals surface area contributed by atoms with Gasteiger partial charge >= 0.3 is 0 Å². The van der Waals surface area contributed by atoms with Crippen LogP contribution in [0.4, 0.5) is 0 Å². The summed E-state index contributed by atoms with van der Waals surface area (Å²) in [5.41, 5.74) is 0. The first-order valence-corrected chi connectivity index (χ1v) is 5.94. The van der Waals surface area contributed by atoms with Crippen molar-refractivity contribution in [1.82, 2.24) is 15.5 Å². The molecule has 1 aliphatic rings. The predicted octanol–water partition coefficient (Wildman–Crippen LogP) is 0.195. The van der Waals surface area contributed by atoms with Crippen LogP contribution in [0.25, 0.3) is 0 Å². The maximum absolute atomic E-state index is 11.7. The van der Waals surface area contributed by atoms with Gasteiger partial charge in [0.25, 0.3) is 0 Å². The Kier molecular flexibility index (Phi) is 5.05. The lowest BCUT2D eigenvalue weighted by Crippen LogP contribution is -2.50. The van der Waals surface area contributed by atoms with Crippen molar-refractivity contribution >= 4 is 5.91 Å². The van der Waals surface area contributed by atoms with Gasteiger partial charge in [-0.05, 0) is 33.4 Å². The summed E-state index contributed by atoms with van der Waals surface area (Å²) in [7, 11) is 0. The summed E-state index contributed by atoms with van der Waals surface area (Å²) in [4.78, 5) is 14.0. The van der Waals surface area contributed by atoms with Gasteiger partial charge in [-0.25, -0.2) is 0 Å². The summed E-state index contributed by atoms with van der Waals surface area (Å²) < 4.78 is 0. The van der Waals surface area contributed by atoms with Crippen molar-refractivity contribution in [3.05, 3.63) is 0 Å². The lowest BCUT2D eigenvalue weighted by Gasteiger charge is -2.32. The molecule has 0 aromatic carbocycles. The minimum absolute atomic E-state index is 0.0140. The molecule has 1 aliphatic heterocycles. The average molecular weight is 213 g/mol. The van der Waals surface area contributed by atoms with Crippen LogP contribution in [0.1, 0.15) is 27.2 Å². The number of carbonyl (C=O) groups is 1. The highest BCUT2D eigenvalue weighted by Gasteiger charge is 2.28. The zero-order chi connectivity index (χ0) is 11.3. The Balaban J connectivity index is 2.52. The van der Waals surface area contributed by atoms with E-state index in [0.717, 1.165) is 26.1 Å². The largest absolute Gasteiger partial charge is 0.355 e. The van der Waals surface area contributed by atoms with Crippen LogP contribution in [-0.2, 0) is 4.79 Å². The number of rotatable bonds is 5. The number of nitrogens with one attached hydrogen (secondary N) is 2. The molecule has 15 heavy (non-hydrogen) atoms. The topological polar surface area (TPSA) is 44.4 Å². The van der Waals surface area contributed by atoms with Crippen LogP contribution in [0.5, 0.6) is 0 Å². The van der Waals surface area contributed by atoms with Gasteiger partial charge in [0.15, 0.2) is 0 Å². The number of nitrogens with zero attached hydrogens (tertiary/aromatic N) is 1. The Morgan fingerprint density at radius 2 is 2.33 bits per heavy atom. The Labute approximate surface area is 92.4 Å². The molecule has 2 unspecified atom stereocenters. The molecule has 1 amide bonds. The number of amides is 1. The summed E-state index contributed by atoms with van der Waals surface area (Å²) >= 11 is 0. The zero-order valence-corrected chi connectivity index (χ0v) is 10.0. The molecular formula is C11H23N3O. The van der Waals surface area contributed by atoms with E-state index in [1.165, 1.54) is 0 Å². The first-order chi connectivity index (χ1) is 7.20. The van der Waals surface area contributed by atoms with E-state index in [4.69, 9.17) is 0 Å². The smallest absolute Gasteiger partial charge is 0.237 e. The van der Waals surface area contributed by atoms with Gasteiger partial charge in [0.2, 0.25) is 5.91 Å². The van der Waals surface area contributed by atoms with Gasteiger partial charge in [0.1, 0.15) is 0 Å². The van der Waals surface area contributed by atoms with E-state index in [9.17, 15) is 4.79 Å². The molecule has 1 fully saturated rings. The van der Waals surface area contributed by atoms with E-state index in [1.54, 1.807) is 0 Å². The first-order valence-electron chi connectivity index (χ1n) is 5.94. The molecule has 0 radical (unpaired) electrons. The quantitative estimate of drug-likeness (QED) is 0.685. The van der Waals surface area contributed by atoms with Crippen LogP contribution < -0.4 is 10.6 Å². The van der Waals surface area contributed by atoms with E-state index in [-0.39, 0.29) is 11.9 Å². The Morgan fingerprint density at radius 3 is 2.80 bits per heavy atom. The average Bonchev–Trinajstić information content (AvgIpc) is 2.72. The number of hydrogen-bond acceptors (Lipinski definition) is 3. The van der Waals surface area contributed by atoms with Crippen LogP contribution in [0.15, 0.2) is 0 Å². The third-order valence-corrected chi connectivity index (χ3v) is 3.10. The van der Waals surface area contributed by atoms with E-state index in [0.29, 0.717) is 12.6 Å². The molecule has 0 aromatic rings. The van der Waals surface area contributed by atoms with Crippen molar-refractivity contribution in [2.45, 2.75) is 39.3 Å². The molecule has 88 valence electrons. The van der Waals surface area contributed by atoms with Crippen molar-refractivity contribution in [3.63, 3.8) is 0 Å². The lowest BCUT2D eigenvalue weighted by molar-refractivity contribution is -0.126. The number of likely N-dealkylation sites (N-methyl/N-ethyl adjacent to an activating group) is 2. The molecule has 2 N–H and O–H groups in total. The van der Waals surface area contributed by atoms with Gasteiger partial charge in [-0.3, -0.25) is 9.69 Å². The summed E-state index contributed by atoms with van der Waals surface area (Å²) in [5.74, 6) is 0.145. The minimum atomic E-state index is -0.0140. The Hall–Kier alpha value is -0.610. The maximum atomic E-state index is 11.7. The third kappa shape index (κ3) is 3.18. The highest BCUT2D eigenvalue weighted by Crippen LogP contribution is 2.12. The number of carbonyl (C=O) groups excluding carboxylic acids is 1. The monoisotopic (exact) mass is 213 g/mol. The van der Waals surface area contributed by atoms with Gasteiger partial charge in [0, 0.05) is 19.1 Å². The predicted molar refractivity (Wildman–Crippen MR) is 61.8 cm³/mol. The fourth-order valence-electron chi connectivity index (χ4n) is 2.24. The van der Waals surface area contributed by atoms with Gasteiger partial charge in [-0.2, -0.15) is 0 Å². The zero-order valence-electron chi connectivity index (χ0n) is 10.0. The van der Waals surface area contributed by atoms with Crippen LogP contribution in [0, 0.1) is 0 Å². The van der Waals surface area contributed by atoms with E-state index in [2.05, 4.69) is 22.5 Å². The molecule has 1 rings (SSSR count). The van der Waals surface area contributed by atoms with Gasteiger partial charge < -0.3 is 10.6 Å². The lowest BCUT2D eigenvalue weighted by atomic mass is 10.1. The van der Waals surface area contributed by atoms with Gasteiger partial charge in [-0.1, -0.05) is 6.92 Å². The van der Waals surface area contributed by atoms with Crippen molar-refractivity contribution in [2.24, 2.45) is 0 Å². The number of hydrogen-bond donors (Lipinski definition) is 2. The Morgan fingerprint density at radius 1 is 1.60 bits per heavy atom. The van der Waals surface area contributed by atoms with E-state index in [1.807, 2.05) is 13.8 Å². The molecule has 4 heteroatoms. The van der Waals surface area contributed by atoms with Crippen LogP contribution in [-0.4, -0.2) is 49.1 Å². The fraction of sp³-hybridized carbons (Fsp3) is 0.909. The van der Waals surface area contributed by atoms with Crippen molar-refractivity contribution in [3.8, 4) is 0 Å². The fourth-order valence-corrected chi connectivity index (χ4v) is 2.24. The highest BCUT2D eigenvalue weighted by atomic mass is 16.2. The normalized spacial score (nSPS) is 23.1. The SMILES string of the molecule is CCNC(=O)C(C)N(CC)C1CCNC1. The minimum Gasteiger partial charge on any atom is -0.355 e. The van der Waals surface area contributed by atoms with Crippen LogP contribution in [0.2, 0.25) is 0 Å². The molecule has 4 nitrogen and oxygen atoms in total. The summed E-state index contributed by atoms with van der Waals surface area (Å²) in [6, 6.07) is 0.507. The van der Waals surface area contributed by atoms with E-state index < -0.39 is 0 Å². The molecular weight excluding hydrogens is 190 g/mol. The third-order valence-electron chi connectivity index (χ3n) is 3.10. The van der Waals surface area contributed by atoms with Crippen molar-refractivity contribution in [2.75, 3.05) is 26.2 Å². The molecule has 0 bridgehead atoms. The van der Waals surface area contributed by atoms with E-state index >= 15 is 0 Å². The summed E-state index contributed by atoms with van der Waals surface area (Å²) in [6.45, 7) is 9.80. The summed E-state index contributed by atoms with van der Waals surface area (Å²) in [6.07, 6.45) is 1.15. The maximum Gasteiger partial charge on any atom is 0.237 e. The van der Waals surface area contributed by atoms with Crippen LogP contribution in [0.3, 0.4) is 0 Å². The molecule has 2 atom stereocenters. The first kappa shape index (κ1) is 12.5. The second-order valence-corrected chi connectivity index (χ2v) is 4.05. The van der Waals surface area contributed by atoms with Crippen molar-refractivity contribution in [1.29, 1.82) is 0 Å². The van der Waals surface area contributed by atoms with Crippen LogP contribution >= 0.6 is 0 Å². The Bertz CT molecular complexity index is 202. The van der Waals surface area contributed by atoms with Gasteiger partial charge in [0.05, 0.1) is 6.04 Å².